The molecule has 0 heterocycles. The first kappa shape index (κ1) is 23.7. The average Bonchev–Trinajstić information content (AvgIpc) is 2.76. The molecule has 0 saturated heterocycles. The minimum atomic E-state index is -0.272. The van der Waals surface area contributed by atoms with Crippen LogP contribution in [0.4, 0.5) is 0 Å². The summed E-state index contributed by atoms with van der Waals surface area (Å²) in [5.41, 5.74) is 0.929. The minimum absolute atomic E-state index is 0.0374. The Balaban J connectivity index is 1.59. The first-order chi connectivity index (χ1) is 14.9. The van der Waals surface area contributed by atoms with Crippen molar-refractivity contribution < 1.29 is 29.0 Å². The predicted molar refractivity (Wildman–Crippen MR) is 116 cm³/mol. The summed E-state index contributed by atoms with van der Waals surface area (Å²) in [4.78, 5) is 35.3. The number of phenols is 1. The molecule has 2 aromatic rings. The second kappa shape index (κ2) is 12.2. The maximum Gasteiger partial charge on any atom is 0.251 e. The number of hydrogen-bond donors (Lipinski definition) is 3. The summed E-state index contributed by atoms with van der Waals surface area (Å²) in [7, 11) is 1.51. The molecule has 0 radical (unpaired) electrons. The van der Waals surface area contributed by atoms with E-state index in [4.69, 9.17) is 9.47 Å². The quantitative estimate of drug-likeness (QED) is 0.354. The topological polar surface area (TPSA) is 114 Å². The van der Waals surface area contributed by atoms with E-state index >= 15 is 0 Å². The molecule has 2 rings (SSSR count). The molecule has 3 N–H and O–H groups in total. The number of hydrogen-bond acceptors (Lipinski definition) is 6. The van der Waals surface area contributed by atoms with Crippen molar-refractivity contribution in [2.45, 2.75) is 26.2 Å². The average molecular weight is 428 g/mol. The highest BCUT2D eigenvalue weighted by molar-refractivity contribution is 5.95. The highest BCUT2D eigenvalue weighted by Crippen LogP contribution is 2.28. The number of Topliss-reactive ketones (excluding diaryl/α,β-unsaturated/α-hetero) is 1. The first-order valence-electron chi connectivity index (χ1n) is 10.1. The van der Waals surface area contributed by atoms with Gasteiger partial charge < -0.3 is 25.2 Å². The Morgan fingerprint density at radius 2 is 1.71 bits per heavy atom. The van der Waals surface area contributed by atoms with E-state index in [-0.39, 0.29) is 23.3 Å². The van der Waals surface area contributed by atoms with E-state index in [1.54, 1.807) is 30.3 Å². The van der Waals surface area contributed by atoms with Crippen LogP contribution in [-0.4, -0.2) is 49.5 Å². The Bertz CT molecular complexity index is 913. The summed E-state index contributed by atoms with van der Waals surface area (Å²) >= 11 is 0. The van der Waals surface area contributed by atoms with Gasteiger partial charge in [0.25, 0.3) is 5.91 Å². The van der Waals surface area contributed by atoms with Crippen molar-refractivity contribution in [2.75, 3.05) is 26.8 Å². The largest absolute Gasteiger partial charge is 0.508 e. The van der Waals surface area contributed by atoms with Crippen molar-refractivity contribution in [1.82, 2.24) is 10.6 Å². The summed E-state index contributed by atoms with van der Waals surface area (Å²) in [6, 6.07) is 11.1. The van der Waals surface area contributed by atoms with Gasteiger partial charge in [-0.2, -0.15) is 0 Å². The van der Waals surface area contributed by atoms with Gasteiger partial charge in [0.1, 0.15) is 5.75 Å². The fourth-order valence-corrected chi connectivity index (χ4v) is 2.78. The van der Waals surface area contributed by atoms with E-state index < -0.39 is 0 Å². The number of rotatable bonds is 12. The predicted octanol–water partition coefficient (Wildman–Crippen LogP) is 2.70. The van der Waals surface area contributed by atoms with Gasteiger partial charge in [0, 0.05) is 30.6 Å². The van der Waals surface area contributed by atoms with Crippen LogP contribution in [0.3, 0.4) is 0 Å². The minimum Gasteiger partial charge on any atom is -0.508 e. The molecule has 0 fully saturated rings. The Kier molecular flexibility index (Phi) is 9.35. The number of aromatic hydroxyl groups is 1. The van der Waals surface area contributed by atoms with E-state index in [1.807, 2.05) is 0 Å². The van der Waals surface area contributed by atoms with Crippen molar-refractivity contribution in [1.29, 1.82) is 0 Å². The maximum atomic E-state index is 11.9. The lowest BCUT2D eigenvalue weighted by Gasteiger charge is -2.11. The molecule has 2 amide bonds. The molecule has 8 heteroatoms. The third kappa shape index (κ3) is 8.00. The number of nitrogens with one attached hydrogen (secondary N) is 2. The van der Waals surface area contributed by atoms with Crippen LogP contribution in [0, 0.1) is 0 Å². The Hall–Kier alpha value is -3.55. The molecule has 0 unspecified atom stereocenters. The molecule has 166 valence electrons. The molecule has 8 nitrogen and oxygen atoms in total. The van der Waals surface area contributed by atoms with Gasteiger partial charge in [0.15, 0.2) is 17.3 Å². The molecule has 2 aromatic carbocycles. The van der Waals surface area contributed by atoms with Crippen molar-refractivity contribution in [3.05, 3.63) is 53.6 Å². The molecule has 0 aliphatic carbocycles. The molecule has 0 aromatic heterocycles. The van der Waals surface area contributed by atoms with Gasteiger partial charge in [-0.05, 0) is 56.2 Å². The van der Waals surface area contributed by atoms with Gasteiger partial charge in [0.2, 0.25) is 5.91 Å². The number of ether oxygens (including phenoxy) is 2. The van der Waals surface area contributed by atoms with Gasteiger partial charge in [-0.3, -0.25) is 14.4 Å². The SMILES string of the molecule is COc1cc(C(C)=O)ccc1OCCCC(=O)NCCCNC(=O)c1cccc(O)c1. The lowest BCUT2D eigenvalue weighted by molar-refractivity contribution is -0.121. The fourth-order valence-electron chi connectivity index (χ4n) is 2.78. The normalized spacial score (nSPS) is 10.3. The van der Waals surface area contributed by atoms with Gasteiger partial charge in [-0.15, -0.1) is 0 Å². The molecule has 0 spiro atoms. The summed E-state index contributed by atoms with van der Waals surface area (Å²) in [6.07, 6.45) is 1.42. The number of carbonyl (C=O) groups is 3. The molecule has 0 atom stereocenters. The zero-order valence-corrected chi connectivity index (χ0v) is 17.8. The molecular formula is C23H28N2O6. The van der Waals surface area contributed by atoms with Crippen molar-refractivity contribution in [2.24, 2.45) is 0 Å². The third-order valence-electron chi connectivity index (χ3n) is 4.45. The van der Waals surface area contributed by atoms with Crippen LogP contribution in [0.15, 0.2) is 42.5 Å². The van der Waals surface area contributed by atoms with Crippen molar-refractivity contribution >= 4 is 17.6 Å². The number of benzene rings is 2. The molecule has 0 aliphatic rings. The summed E-state index contributed by atoms with van der Waals surface area (Å²) in [5, 5.41) is 14.9. The van der Waals surface area contributed by atoms with Crippen LogP contribution in [0.2, 0.25) is 0 Å². The standard InChI is InChI=1S/C23H28N2O6/c1-16(26)17-9-10-20(21(15-17)30-2)31-13-4-8-22(28)24-11-5-12-25-23(29)18-6-3-7-19(27)14-18/h3,6-7,9-10,14-15,27H,4-5,8,11-13H2,1-2H3,(H,24,28)(H,25,29). The maximum absolute atomic E-state index is 11.9. The fraction of sp³-hybridized carbons (Fsp3) is 0.348. The Morgan fingerprint density at radius 3 is 2.42 bits per heavy atom. The molecule has 0 aliphatic heterocycles. The molecule has 31 heavy (non-hydrogen) atoms. The van der Waals surface area contributed by atoms with E-state index in [0.29, 0.717) is 61.6 Å². The second-order valence-corrected chi connectivity index (χ2v) is 6.88. The van der Waals surface area contributed by atoms with E-state index in [2.05, 4.69) is 10.6 Å². The van der Waals surface area contributed by atoms with Gasteiger partial charge in [-0.25, -0.2) is 0 Å². The van der Waals surface area contributed by atoms with E-state index in [1.165, 1.54) is 26.2 Å². The lowest BCUT2D eigenvalue weighted by Crippen LogP contribution is -2.29. The molecule has 0 saturated carbocycles. The Labute approximate surface area is 181 Å². The van der Waals surface area contributed by atoms with Crippen LogP contribution in [-0.2, 0) is 4.79 Å². The van der Waals surface area contributed by atoms with Crippen LogP contribution in [0.25, 0.3) is 0 Å². The summed E-state index contributed by atoms with van der Waals surface area (Å²) < 4.78 is 10.9. The van der Waals surface area contributed by atoms with Crippen LogP contribution in [0.5, 0.6) is 17.2 Å². The lowest BCUT2D eigenvalue weighted by atomic mass is 10.1. The highest BCUT2D eigenvalue weighted by Gasteiger charge is 2.09. The monoisotopic (exact) mass is 428 g/mol. The number of amides is 2. The number of carbonyl (C=O) groups excluding carboxylic acids is 3. The smallest absolute Gasteiger partial charge is 0.251 e. The second-order valence-electron chi connectivity index (χ2n) is 6.88. The van der Waals surface area contributed by atoms with Crippen molar-refractivity contribution in [3.63, 3.8) is 0 Å². The summed E-state index contributed by atoms with van der Waals surface area (Å²) in [5.74, 6) is 0.615. The van der Waals surface area contributed by atoms with Crippen molar-refractivity contribution in [3.8, 4) is 17.2 Å². The number of ketones is 1. The summed E-state index contributed by atoms with van der Waals surface area (Å²) in [6.45, 7) is 2.67. The zero-order chi connectivity index (χ0) is 22.6. The zero-order valence-electron chi connectivity index (χ0n) is 17.8. The van der Waals surface area contributed by atoms with E-state index in [0.717, 1.165) is 0 Å². The van der Waals surface area contributed by atoms with Gasteiger partial charge in [-0.1, -0.05) is 6.07 Å². The number of methoxy groups -OCH3 is 1. The number of phenolic OH excluding ortho intramolecular Hbond substituents is 1. The highest BCUT2D eigenvalue weighted by atomic mass is 16.5. The Morgan fingerprint density at radius 1 is 0.935 bits per heavy atom. The van der Waals surface area contributed by atoms with E-state index in [9.17, 15) is 19.5 Å². The van der Waals surface area contributed by atoms with Gasteiger partial charge in [0.05, 0.1) is 13.7 Å². The van der Waals surface area contributed by atoms with Crippen LogP contribution in [0.1, 0.15) is 46.9 Å². The van der Waals surface area contributed by atoms with Crippen LogP contribution >= 0.6 is 0 Å². The van der Waals surface area contributed by atoms with Crippen LogP contribution < -0.4 is 20.1 Å². The van der Waals surface area contributed by atoms with Gasteiger partial charge >= 0.3 is 0 Å². The first-order valence-corrected chi connectivity index (χ1v) is 10.1. The molecule has 0 bridgehead atoms. The third-order valence-corrected chi connectivity index (χ3v) is 4.45. The molecular weight excluding hydrogens is 400 g/mol.